The first-order valence-electron chi connectivity index (χ1n) is 9.90. The van der Waals surface area contributed by atoms with Gasteiger partial charge in [-0.1, -0.05) is 13.8 Å². The zero-order valence-corrected chi connectivity index (χ0v) is 17.6. The van der Waals surface area contributed by atoms with Gasteiger partial charge in [0.25, 0.3) is 5.91 Å². The van der Waals surface area contributed by atoms with Crippen LogP contribution in [0.3, 0.4) is 0 Å². The molecule has 0 aliphatic carbocycles. The highest BCUT2D eigenvalue weighted by Crippen LogP contribution is 2.20. The SMILES string of the molecule is CCOCCOC(=O)NCCNC(=O)c1cc(NC(=O)CC)cc(NC(=O)CC)c1. The molecule has 0 spiro atoms. The summed E-state index contributed by atoms with van der Waals surface area (Å²) in [5.41, 5.74) is 1.06. The molecule has 10 heteroatoms. The lowest BCUT2D eigenvalue weighted by molar-refractivity contribution is -0.116. The van der Waals surface area contributed by atoms with Gasteiger partial charge in [0, 0.05) is 49.5 Å². The predicted molar refractivity (Wildman–Crippen MR) is 112 cm³/mol. The second kappa shape index (κ2) is 13.9. The lowest BCUT2D eigenvalue weighted by atomic mass is 10.1. The fraction of sp³-hybridized carbons (Fsp3) is 0.500. The van der Waals surface area contributed by atoms with Crippen LogP contribution >= 0.6 is 0 Å². The van der Waals surface area contributed by atoms with E-state index in [2.05, 4.69) is 21.3 Å². The number of nitrogens with one attached hydrogen (secondary N) is 4. The highest BCUT2D eigenvalue weighted by molar-refractivity contribution is 6.00. The number of alkyl carbamates (subject to hydrolysis) is 1. The van der Waals surface area contributed by atoms with Gasteiger partial charge in [0.2, 0.25) is 11.8 Å². The molecule has 0 aliphatic rings. The minimum Gasteiger partial charge on any atom is -0.447 e. The first kappa shape index (κ1) is 24.9. The largest absolute Gasteiger partial charge is 0.447 e. The van der Waals surface area contributed by atoms with Crippen molar-refractivity contribution in [1.29, 1.82) is 0 Å². The third kappa shape index (κ3) is 9.87. The third-order valence-corrected chi connectivity index (χ3v) is 3.75. The first-order valence-corrected chi connectivity index (χ1v) is 9.90. The van der Waals surface area contributed by atoms with E-state index < -0.39 is 12.0 Å². The minimum atomic E-state index is -0.599. The monoisotopic (exact) mass is 422 g/mol. The van der Waals surface area contributed by atoms with Crippen LogP contribution in [0.5, 0.6) is 0 Å². The molecular formula is C20H30N4O6. The van der Waals surface area contributed by atoms with Crippen molar-refractivity contribution in [2.75, 3.05) is 43.5 Å². The molecule has 0 bridgehead atoms. The second-order valence-corrected chi connectivity index (χ2v) is 6.12. The number of ether oxygens (including phenoxy) is 2. The lowest BCUT2D eigenvalue weighted by Crippen LogP contribution is -2.35. The van der Waals surface area contributed by atoms with E-state index >= 15 is 0 Å². The average molecular weight is 422 g/mol. The molecule has 0 saturated carbocycles. The Hall–Kier alpha value is -3.14. The second-order valence-electron chi connectivity index (χ2n) is 6.12. The highest BCUT2D eigenvalue weighted by atomic mass is 16.6. The molecule has 0 heterocycles. The van der Waals surface area contributed by atoms with E-state index in [1.54, 1.807) is 19.9 Å². The van der Waals surface area contributed by atoms with Gasteiger partial charge in [-0.2, -0.15) is 0 Å². The predicted octanol–water partition coefficient (Wildman–Crippen LogP) is 1.88. The van der Waals surface area contributed by atoms with Crippen LogP contribution in [0.1, 0.15) is 44.0 Å². The van der Waals surface area contributed by atoms with Crippen molar-refractivity contribution >= 4 is 35.2 Å². The number of benzene rings is 1. The summed E-state index contributed by atoms with van der Waals surface area (Å²) in [6, 6.07) is 4.61. The number of carbonyl (C=O) groups excluding carboxylic acids is 4. The van der Waals surface area contributed by atoms with E-state index in [1.165, 1.54) is 12.1 Å². The molecule has 0 aliphatic heterocycles. The summed E-state index contributed by atoms with van der Waals surface area (Å²) in [5, 5.41) is 10.5. The van der Waals surface area contributed by atoms with Crippen LogP contribution in [0, 0.1) is 0 Å². The summed E-state index contributed by atoms with van der Waals surface area (Å²) in [7, 11) is 0. The molecule has 0 radical (unpaired) electrons. The van der Waals surface area contributed by atoms with Crippen LogP contribution < -0.4 is 21.3 Å². The molecule has 0 saturated heterocycles. The van der Waals surface area contributed by atoms with Gasteiger partial charge in [-0.25, -0.2) is 4.79 Å². The van der Waals surface area contributed by atoms with Crippen molar-refractivity contribution in [3.05, 3.63) is 23.8 Å². The normalized spacial score (nSPS) is 10.1. The smallest absolute Gasteiger partial charge is 0.407 e. The molecule has 0 atom stereocenters. The maximum absolute atomic E-state index is 12.5. The van der Waals surface area contributed by atoms with E-state index in [0.717, 1.165) is 0 Å². The fourth-order valence-corrected chi connectivity index (χ4v) is 2.23. The van der Waals surface area contributed by atoms with Crippen LogP contribution in [-0.4, -0.2) is 56.7 Å². The Bertz CT molecular complexity index is 702. The number of rotatable bonds is 12. The van der Waals surface area contributed by atoms with Gasteiger partial charge < -0.3 is 30.7 Å². The van der Waals surface area contributed by atoms with Crippen LogP contribution in [-0.2, 0) is 19.1 Å². The molecule has 30 heavy (non-hydrogen) atoms. The summed E-state index contributed by atoms with van der Waals surface area (Å²) < 4.78 is 9.95. The molecule has 4 N–H and O–H groups in total. The van der Waals surface area contributed by atoms with Gasteiger partial charge in [-0.15, -0.1) is 0 Å². The van der Waals surface area contributed by atoms with Crippen molar-refractivity contribution in [3.63, 3.8) is 0 Å². The molecule has 1 aromatic carbocycles. The molecule has 0 aromatic heterocycles. The number of amides is 4. The Morgan fingerprint density at radius 3 is 1.90 bits per heavy atom. The van der Waals surface area contributed by atoms with Crippen LogP contribution in [0.25, 0.3) is 0 Å². The topological polar surface area (TPSA) is 135 Å². The third-order valence-electron chi connectivity index (χ3n) is 3.75. The van der Waals surface area contributed by atoms with E-state index in [1.807, 2.05) is 6.92 Å². The van der Waals surface area contributed by atoms with E-state index in [9.17, 15) is 19.2 Å². The summed E-state index contributed by atoms with van der Waals surface area (Å²) >= 11 is 0. The Balaban J connectivity index is 2.62. The Kier molecular flexibility index (Phi) is 11.6. The van der Waals surface area contributed by atoms with Gasteiger partial charge in [0.05, 0.1) is 6.61 Å². The van der Waals surface area contributed by atoms with Crippen molar-refractivity contribution < 1.29 is 28.7 Å². The Morgan fingerprint density at radius 1 is 0.800 bits per heavy atom. The Morgan fingerprint density at radius 2 is 1.37 bits per heavy atom. The van der Waals surface area contributed by atoms with Gasteiger partial charge in [0.1, 0.15) is 6.61 Å². The highest BCUT2D eigenvalue weighted by Gasteiger charge is 2.11. The van der Waals surface area contributed by atoms with E-state index in [-0.39, 0.29) is 49.9 Å². The summed E-state index contributed by atoms with van der Waals surface area (Å²) in [4.78, 5) is 47.3. The zero-order valence-electron chi connectivity index (χ0n) is 17.6. The number of anilines is 2. The van der Waals surface area contributed by atoms with E-state index in [4.69, 9.17) is 9.47 Å². The van der Waals surface area contributed by atoms with Crippen LogP contribution in [0.4, 0.5) is 16.2 Å². The van der Waals surface area contributed by atoms with Gasteiger partial charge >= 0.3 is 6.09 Å². The van der Waals surface area contributed by atoms with Gasteiger partial charge in [-0.05, 0) is 25.1 Å². The maximum atomic E-state index is 12.5. The summed E-state index contributed by atoms with van der Waals surface area (Å²) in [6.07, 6.45) is -0.0449. The maximum Gasteiger partial charge on any atom is 0.407 e. The lowest BCUT2D eigenvalue weighted by Gasteiger charge is -2.12. The molecule has 4 amide bonds. The number of carbonyl (C=O) groups is 4. The minimum absolute atomic E-state index is 0.147. The van der Waals surface area contributed by atoms with Gasteiger partial charge in [0.15, 0.2) is 0 Å². The van der Waals surface area contributed by atoms with Crippen molar-refractivity contribution in [1.82, 2.24) is 10.6 Å². The molecule has 10 nitrogen and oxygen atoms in total. The molecule has 0 fully saturated rings. The standard InChI is InChI=1S/C20H30N4O6/c1-4-17(25)23-15-11-14(12-16(13-15)24-18(26)5-2)19(27)21-7-8-22-20(28)30-10-9-29-6-3/h11-13H,4-10H2,1-3H3,(H,21,27)(H,22,28)(H,23,25)(H,24,26). The number of hydrogen-bond acceptors (Lipinski definition) is 6. The van der Waals surface area contributed by atoms with Crippen molar-refractivity contribution in [2.45, 2.75) is 33.6 Å². The van der Waals surface area contributed by atoms with Crippen LogP contribution in [0.15, 0.2) is 18.2 Å². The summed E-state index contributed by atoms with van der Waals surface area (Å²) in [5.74, 6) is -0.846. The first-order chi connectivity index (χ1) is 14.4. The van der Waals surface area contributed by atoms with Crippen molar-refractivity contribution in [2.24, 2.45) is 0 Å². The van der Waals surface area contributed by atoms with Crippen LogP contribution in [0.2, 0.25) is 0 Å². The molecule has 0 unspecified atom stereocenters. The van der Waals surface area contributed by atoms with E-state index in [0.29, 0.717) is 24.6 Å². The van der Waals surface area contributed by atoms with Crippen molar-refractivity contribution in [3.8, 4) is 0 Å². The molecule has 166 valence electrons. The molecule has 1 rings (SSSR count). The quantitative estimate of drug-likeness (QED) is 0.380. The fourth-order valence-electron chi connectivity index (χ4n) is 2.23. The molecular weight excluding hydrogens is 392 g/mol. The molecule has 1 aromatic rings. The van der Waals surface area contributed by atoms with Gasteiger partial charge in [-0.3, -0.25) is 14.4 Å². The average Bonchev–Trinajstić information content (AvgIpc) is 2.73. The Labute approximate surface area is 176 Å². The number of hydrogen-bond donors (Lipinski definition) is 4. The summed E-state index contributed by atoms with van der Waals surface area (Å²) in [6.45, 7) is 6.62. The zero-order chi connectivity index (χ0) is 22.4.